The molecule has 0 unspecified atom stereocenters. The second-order valence-electron chi connectivity index (χ2n) is 5.11. The molecule has 0 aliphatic carbocycles. The number of benzene rings is 2. The highest BCUT2D eigenvalue weighted by atomic mass is 16.1. The Labute approximate surface area is 126 Å². The van der Waals surface area contributed by atoms with Gasteiger partial charge in [-0.2, -0.15) is 0 Å². The number of hydrogen-bond acceptors (Lipinski definition) is 1. The molecular weight excluding hydrogens is 258 g/mol. The highest BCUT2D eigenvalue weighted by Crippen LogP contribution is 2.08. The van der Waals surface area contributed by atoms with Gasteiger partial charge in [0.15, 0.2) is 0 Å². The van der Waals surface area contributed by atoms with Crippen molar-refractivity contribution in [2.75, 3.05) is 6.54 Å². The fraction of sp³-hybridized carbons (Fsp3) is 0.211. The van der Waals surface area contributed by atoms with Gasteiger partial charge in [0.25, 0.3) is 5.91 Å². The normalized spacial score (nSPS) is 11.2. The van der Waals surface area contributed by atoms with Crippen LogP contribution in [0.25, 0.3) is 0 Å². The predicted molar refractivity (Wildman–Crippen MR) is 87.3 cm³/mol. The molecule has 0 aliphatic rings. The van der Waals surface area contributed by atoms with Gasteiger partial charge in [-0.1, -0.05) is 60.2 Å². The Morgan fingerprint density at radius 1 is 1.00 bits per heavy atom. The third kappa shape index (κ3) is 5.27. The second-order valence-corrected chi connectivity index (χ2v) is 5.11. The van der Waals surface area contributed by atoms with Crippen LogP contribution in [0, 0.1) is 0 Å². The van der Waals surface area contributed by atoms with Crippen LogP contribution in [0.4, 0.5) is 0 Å². The smallest absolute Gasteiger partial charge is 0.251 e. The Morgan fingerprint density at radius 2 is 1.62 bits per heavy atom. The molecular formula is C19H21NO. The van der Waals surface area contributed by atoms with Crippen molar-refractivity contribution in [3.05, 3.63) is 83.4 Å². The van der Waals surface area contributed by atoms with Crippen LogP contribution in [0.5, 0.6) is 0 Å². The SMILES string of the molecule is C/C(=C\CNC(=O)c1ccccc1)CCc1ccccc1. The molecule has 2 aromatic carbocycles. The van der Waals surface area contributed by atoms with Crippen molar-refractivity contribution in [3.8, 4) is 0 Å². The number of carbonyl (C=O) groups is 1. The van der Waals surface area contributed by atoms with Gasteiger partial charge in [0.1, 0.15) is 0 Å². The molecule has 0 radical (unpaired) electrons. The van der Waals surface area contributed by atoms with E-state index in [-0.39, 0.29) is 5.91 Å². The first kappa shape index (κ1) is 15.0. The minimum Gasteiger partial charge on any atom is -0.349 e. The Balaban J connectivity index is 1.75. The van der Waals surface area contributed by atoms with Gasteiger partial charge in [-0.25, -0.2) is 0 Å². The van der Waals surface area contributed by atoms with Gasteiger partial charge in [-0.3, -0.25) is 4.79 Å². The van der Waals surface area contributed by atoms with E-state index in [9.17, 15) is 4.79 Å². The summed E-state index contributed by atoms with van der Waals surface area (Å²) in [7, 11) is 0. The number of nitrogens with one attached hydrogen (secondary N) is 1. The molecule has 0 fully saturated rings. The Morgan fingerprint density at radius 3 is 2.29 bits per heavy atom. The first-order valence-electron chi connectivity index (χ1n) is 7.28. The van der Waals surface area contributed by atoms with Crippen molar-refractivity contribution < 1.29 is 4.79 Å². The van der Waals surface area contributed by atoms with Crippen molar-refractivity contribution in [1.82, 2.24) is 5.32 Å². The van der Waals surface area contributed by atoms with Crippen LogP contribution < -0.4 is 5.32 Å². The van der Waals surface area contributed by atoms with Crippen LogP contribution in [0.1, 0.15) is 29.3 Å². The average Bonchev–Trinajstić information content (AvgIpc) is 2.54. The number of rotatable bonds is 6. The minimum absolute atomic E-state index is 0.0253. The molecule has 2 aromatic rings. The first-order chi connectivity index (χ1) is 10.3. The molecule has 0 aromatic heterocycles. The van der Waals surface area contributed by atoms with E-state index in [0.717, 1.165) is 12.8 Å². The lowest BCUT2D eigenvalue weighted by molar-refractivity contribution is 0.0958. The highest BCUT2D eigenvalue weighted by Gasteiger charge is 2.01. The summed E-state index contributed by atoms with van der Waals surface area (Å²) in [6.07, 6.45) is 4.14. The Hall–Kier alpha value is -2.35. The van der Waals surface area contributed by atoms with E-state index in [1.165, 1.54) is 11.1 Å². The molecule has 1 amide bonds. The first-order valence-corrected chi connectivity index (χ1v) is 7.28. The number of aryl methyl sites for hydroxylation is 1. The van der Waals surface area contributed by atoms with Gasteiger partial charge >= 0.3 is 0 Å². The van der Waals surface area contributed by atoms with Crippen molar-refractivity contribution in [3.63, 3.8) is 0 Å². The number of hydrogen-bond donors (Lipinski definition) is 1. The molecule has 0 atom stereocenters. The van der Waals surface area contributed by atoms with E-state index in [1.807, 2.05) is 36.4 Å². The molecule has 108 valence electrons. The molecule has 0 spiro atoms. The van der Waals surface area contributed by atoms with Gasteiger partial charge in [0.2, 0.25) is 0 Å². The summed E-state index contributed by atoms with van der Waals surface area (Å²) in [5.74, 6) is -0.0253. The zero-order valence-corrected chi connectivity index (χ0v) is 12.4. The lowest BCUT2D eigenvalue weighted by Crippen LogP contribution is -2.23. The standard InChI is InChI=1S/C19H21NO/c1-16(12-13-17-8-4-2-5-9-17)14-15-20-19(21)18-10-6-3-7-11-18/h2-11,14H,12-13,15H2,1H3,(H,20,21)/b16-14+. The van der Waals surface area contributed by atoms with Crippen LogP contribution in [0.3, 0.4) is 0 Å². The van der Waals surface area contributed by atoms with Crippen LogP contribution in [-0.2, 0) is 6.42 Å². The lowest BCUT2D eigenvalue weighted by atomic mass is 10.1. The quantitative estimate of drug-likeness (QED) is 0.796. The van der Waals surface area contributed by atoms with Gasteiger partial charge in [-0.05, 0) is 37.5 Å². The van der Waals surface area contributed by atoms with Crippen LogP contribution in [-0.4, -0.2) is 12.5 Å². The summed E-state index contributed by atoms with van der Waals surface area (Å²) < 4.78 is 0. The summed E-state index contributed by atoms with van der Waals surface area (Å²) in [6, 6.07) is 19.7. The maximum absolute atomic E-state index is 11.9. The van der Waals surface area contributed by atoms with E-state index in [0.29, 0.717) is 12.1 Å². The van der Waals surface area contributed by atoms with Crippen LogP contribution >= 0.6 is 0 Å². The molecule has 0 saturated heterocycles. The van der Waals surface area contributed by atoms with Crippen molar-refractivity contribution in [2.24, 2.45) is 0 Å². The third-order valence-corrected chi connectivity index (χ3v) is 3.40. The zero-order valence-electron chi connectivity index (χ0n) is 12.4. The Kier molecular flexibility index (Phi) is 5.77. The maximum atomic E-state index is 11.9. The second kappa shape index (κ2) is 8.05. The molecule has 2 nitrogen and oxygen atoms in total. The fourth-order valence-electron chi connectivity index (χ4n) is 2.10. The van der Waals surface area contributed by atoms with E-state index in [1.54, 1.807) is 0 Å². The molecule has 0 heterocycles. The van der Waals surface area contributed by atoms with E-state index < -0.39 is 0 Å². The van der Waals surface area contributed by atoms with Crippen molar-refractivity contribution in [1.29, 1.82) is 0 Å². The van der Waals surface area contributed by atoms with Crippen molar-refractivity contribution >= 4 is 5.91 Å². The molecule has 2 rings (SSSR count). The Bertz CT molecular complexity index is 587. The lowest BCUT2D eigenvalue weighted by Gasteiger charge is -2.04. The number of amides is 1. The molecule has 21 heavy (non-hydrogen) atoms. The van der Waals surface area contributed by atoms with E-state index in [2.05, 4.69) is 42.6 Å². The van der Waals surface area contributed by atoms with Gasteiger partial charge < -0.3 is 5.32 Å². The highest BCUT2D eigenvalue weighted by molar-refractivity contribution is 5.94. The molecule has 2 heteroatoms. The summed E-state index contributed by atoms with van der Waals surface area (Å²) in [5, 5.41) is 2.91. The van der Waals surface area contributed by atoms with Crippen LogP contribution in [0.15, 0.2) is 72.3 Å². The van der Waals surface area contributed by atoms with Crippen molar-refractivity contribution in [2.45, 2.75) is 19.8 Å². The van der Waals surface area contributed by atoms with Crippen LogP contribution in [0.2, 0.25) is 0 Å². The third-order valence-electron chi connectivity index (χ3n) is 3.40. The molecule has 0 aliphatic heterocycles. The number of allylic oxidation sites excluding steroid dienone is 1. The predicted octanol–water partition coefficient (Wildman–Crippen LogP) is 4.00. The molecule has 1 N–H and O–H groups in total. The average molecular weight is 279 g/mol. The summed E-state index contributed by atoms with van der Waals surface area (Å²) in [5.41, 5.74) is 3.35. The monoisotopic (exact) mass is 279 g/mol. The maximum Gasteiger partial charge on any atom is 0.251 e. The topological polar surface area (TPSA) is 29.1 Å². The summed E-state index contributed by atoms with van der Waals surface area (Å²) in [6.45, 7) is 2.69. The number of carbonyl (C=O) groups excluding carboxylic acids is 1. The minimum atomic E-state index is -0.0253. The fourth-order valence-corrected chi connectivity index (χ4v) is 2.10. The van der Waals surface area contributed by atoms with Gasteiger partial charge in [0, 0.05) is 12.1 Å². The summed E-state index contributed by atoms with van der Waals surface area (Å²) in [4.78, 5) is 11.9. The van der Waals surface area contributed by atoms with Gasteiger partial charge in [0.05, 0.1) is 0 Å². The largest absolute Gasteiger partial charge is 0.349 e. The van der Waals surface area contributed by atoms with E-state index >= 15 is 0 Å². The summed E-state index contributed by atoms with van der Waals surface area (Å²) >= 11 is 0. The molecule has 0 bridgehead atoms. The van der Waals surface area contributed by atoms with E-state index in [4.69, 9.17) is 0 Å². The molecule has 0 saturated carbocycles. The van der Waals surface area contributed by atoms with Gasteiger partial charge in [-0.15, -0.1) is 0 Å². The zero-order chi connectivity index (χ0) is 14.9.